The predicted molar refractivity (Wildman–Crippen MR) is 123 cm³/mol. The lowest BCUT2D eigenvalue weighted by Crippen LogP contribution is -2.23. The molecule has 0 fully saturated rings. The van der Waals surface area contributed by atoms with E-state index in [4.69, 9.17) is 16.3 Å². The number of pyridine rings is 1. The van der Waals surface area contributed by atoms with Crippen molar-refractivity contribution in [2.75, 3.05) is 7.11 Å². The van der Waals surface area contributed by atoms with E-state index in [1.54, 1.807) is 11.7 Å². The van der Waals surface area contributed by atoms with Crippen LogP contribution in [0.3, 0.4) is 0 Å². The second-order valence-corrected chi connectivity index (χ2v) is 8.14. The maximum Gasteiger partial charge on any atom is 0.294 e. The monoisotopic (exact) mass is 501 g/mol. The van der Waals surface area contributed by atoms with Crippen LogP contribution in [0, 0.1) is 3.57 Å². The van der Waals surface area contributed by atoms with Gasteiger partial charge in [0, 0.05) is 19.5 Å². The smallest absolute Gasteiger partial charge is 0.294 e. The predicted octanol–water partition coefficient (Wildman–Crippen LogP) is 5.98. The van der Waals surface area contributed by atoms with Crippen LogP contribution in [0.2, 0.25) is 5.02 Å². The summed E-state index contributed by atoms with van der Waals surface area (Å²) in [4.78, 5) is 13.4. The highest BCUT2D eigenvalue weighted by molar-refractivity contribution is 14.1. The zero-order chi connectivity index (χ0) is 19.7. The fraction of sp³-hybridized carbons (Fsp3) is 0.0870. The van der Waals surface area contributed by atoms with E-state index >= 15 is 0 Å². The largest absolute Gasteiger partial charge is 0.491 e. The Morgan fingerprint density at radius 3 is 2.50 bits per heavy atom. The molecule has 0 spiro atoms. The molecule has 0 bridgehead atoms. The molecule has 0 atom stereocenters. The normalized spacial score (nSPS) is 11.0. The summed E-state index contributed by atoms with van der Waals surface area (Å²) in [5.41, 5.74) is 3.45. The molecule has 5 heteroatoms. The van der Waals surface area contributed by atoms with Gasteiger partial charge in [0.25, 0.3) is 5.56 Å². The minimum absolute atomic E-state index is 0.157. The molecule has 1 aromatic heterocycles. The molecule has 140 valence electrons. The number of hydrogen-bond acceptors (Lipinski definition) is 2. The molecule has 0 aliphatic heterocycles. The van der Waals surface area contributed by atoms with E-state index in [1.807, 2.05) is 66.7 Å². The van der Waals surface area contributed by atoms with Gasteiger partial charge < -0.3 is 9.30 Å². The first kappa shape index (κ1) is 19.0. The highest BCUT2D eigenvalue weighted by Crippen LogP contribution is 2.35. The Morgan fingerprint density at radius 1 is 1.00 bits per heavy atom. The molecular weight excluding hydrogens is 485 g/mol. The van der Waals surface area contributed by atoms with Gasteiger partial charge in [-0.3, -0.25) is 4.79 Å². The van der Waals surface area contributed by atoms with Crippen LogP contribution in [0.1, 0.15) is 5.56 Å². The second kappa shape index (κ2) is 7.97. The Hall–Kier alpha value is -2.31. The Bertz CT molecular complexity index is 1220. The lowest BCUT2D eigenvalue weighted by Gasteiger charge is -2.18. The molecular formula is C23H17ClINO2. The van der Waals surface area contributed by atoms with Crippen molar-refractivity contribution in [1.29, 1.82) is 0 Å². The summed E-state index contributed by atoms with van der Waals surface area (Å²) in [7, 11) is 1.55. The number of benzene rings is 3. The Morgan fingerprint density at radius 2 is 1.79 bits per heavy atom. The molecule has 0 aliphatic rings. The van der Waals surface area contributed by atoms with Gasteiger partial charge in [0.15, 0.2) is 5.75 Å². The number of fused-ring (bicyclic) bond motifs is 1. The summed E-state index contributed by atoms with van der Waals surface area (Å²) in [5.74, 6) is 0.350. The zero-order valence-electron chi connectivity index (χ0n) is 15.2. The van der Waals surface area contributed by atoms with Crippen molar-refractivity contribution in [2.45, 2.75) is 6.54 Å². The topological polar surface area (TPSA) is 31.2 Å². The van der Waals surface area contributed by atoms with Gasteiger partial charge >= 0.3 is 0 Å². The quantitative estimate of drug-likeness (QED) is 0.322. The third-order valence-electron chi connectivity index (χ3n) is 4.68. The van der Waals surface area contributed by atoms with Crippen molar-refractivity contribution in [1.82, 2.24) is 4.57 Å². The summed E-state index contributed by atoms with van der Waals surface area (Å²) in [6.45, 7) is 0.419. The van der Waals surface area contributed by atoms with E-state index in [0.717, 1.165) is 31.2 Å². The Balaban J connectivity index is 2.05. The third-order valence-corrected chi connectivity index (χ3v) is 5.59. The van der Waals surface area contributed by atoms with Crippen molar-refractivity contribution in [3.63, 3.8) is 0 Å². The van der Waals surface area contributed by atoms with Crippen LogP contribution >= 0.6 is 34.2 Å². The Kier molecular flexibility index (Phi) is 5.42. The van der Waals surface area contributed by atoms with Crippen LogP contribution in [-0.2, 0) is 6.54 Å². The molecule has 3 aromatic carbocycles. The second-order valence-electron chi connectivity index (χ2n) is 6.46. The van der Waals surface area contributed by atoms with Crippen LogP contribution in [0.5, 0.6) is 5.75 Å². The first-order valence-corrected chi connectivity index (χ1v) is 10.2. The van der Waals surface area contributed by atoms with Crippen molar-refractivity contribution in [3.05, 3.63) is 97.3 Å². The van der Waals surface area contributed by atoms with Crippen molar-refractivity contribution in [2.24, 2.45) is 0 Å². The maximum absolute atomic E-state index is 13.4. The Labute approximate surface area is 181 Å². The summed E-state index contributed by atoms with van der Waals surface area (Å²) in [5, 5.41) is 1.63. The first-order chi connectivity index (χ1) is 13.6. The number of nitrogens with zero attached hydrogens (tertiary/aromatic N) is 1. The number of ether oxygens (including phenoxy) is 1. The summed E-state index contributed by atoms with van der Waals surface area (Å²) in [6.07, 6.45) is 0. The fourth-order valence-electron chi connectivity index (χ4n) is 3.46. The van der Waals surface area contributed by atoms with E-state index in [0.29, 0.717) is 17.3 Å². The van der Waals surface area contributed by atoms with Gasteiger partial charge in [-0.05, 0) is 64.0 Å². The summed E-state index contributed by atoms with van der Waals surface area (Å²) in [6, 6.07) is 23.5. The van der Waals surface area contributed by atoms with E-state index in [-0.39, 0.29) is 5.56 Å². The molecule has 0 radical (unpaired) electrons. The molecule has 0 saturated heterocycles. The number of halogens is 2. The SMILES string of the molecule is COc1c(-c2ccccc2)c2cc(I)ccc2n(Cc2cccc(Cl)c2)c1=O. The van der Waals surface area contributed by atoms with Crippen LogP contribution in [-0.4, -0.2) is 11.7 Å². The van der Waals surface area contributed by atoms with E-state index in [2.05, 4.69) is 28.7 Å². The first-order valence-electron chi connectivity index (χ1n) is 8.78. The standard InChI is InChI=1S/C23H17ClINO2/c1-28-22-21(16-7-3-2-4-8-16)19-13-18(25)10-11-20(19)26(23(22)27)14-15-6-5-9-17(24)12-15/h2-13H,14H2,1H3. The van der Waals surface area contributed by atoms with Gasteiger partial charge in [0.05, 0.1) is 19.2 Å². The van der Waals surface area contributed by atoms with Crippen LogP contribution in [0.15, 0.2) is 77.6 Å². The molecule has 28 heavy (non-hydrogen) atoms. The van der Waals surface area contributed by atoms with Crippen molar-refractivity contribution in [3.8, 4) is 16.9 Å². The number of methoxy groups -OCH3 is 1. The van der Waals surface area contributed by atoms with Gasteiger partial charge in [-0.25, -0.2) is 0 Å². The van der Waals surface area contributed by atoms with Crippen molar-refractivity contribution >= 4 is 45.1 Å². The van der Waals surface area contributed by atoms with Crippen LogP contribution in [0.4, 0.5) is 0 Å². The number of hydrogen-bond donors (Lipinski definition) is 0. The molecule has 0 amide bonds. The average Bonchev–Trinajstić information content (AvgIpc) is 2.70. The molecule has 0 saturated carbocycles. The average molecular weight is 502 g/mol. The van der Waals surface area contributed by atoms with Gasteiger partial charge in [-0.1, -0.05) is 54.1 Å². The molecule has 4 rings (SSSR count). The van der Waals surface area contributed by atoms with Crippen LogP contribution < -0.4 is 10.3 Å². The van der Waals surface area contributed by atoms with Crippen molar-refractivity contribution < 1.29 is 4.74 Å². The lowest BCUT2D eigenvalue weighted by atomic mass is 9.99. The molecule has 1 heterocycles. The highest BCUT2D eigenvalue weighted by atomic mass is 127. The minimum atomic E-state index is -0.157. The fourth-order valence-corrected chi connectivity index (χ4v) is 4.16. The van der Waals surface area contributed by atoms with Crippen LogP contribution in [0.25, 0.3) is 22.0 Å². The highest BCUT2D eigenvalue weighted by Gasteiger charge is 2.19. The summed E-state index contributed by atoms with van der Waals surface area (Å²) < 4.78 is 8.47. The van der Waals surface area contributed by atoms with Gasteiger partial charge in [-0.15, -0.1) is 0 Å². The molecule has 0 aliphatic carbocycles. The molecule has 0 unspecified atom stereocenters. The lowest BCUT2D eigenvalue weighted by molar-refractivity contribution is 0.407. The maximum atomic E-state index is 13.4. The minimum Gasteiger partial charge on any atom is -0.491 e. The van der Waals surface area contributed by atoms with Gasteiger partial charge in [0.1, 0.15) is 0 Å². The molecule has 4 aromatic rings. The number of aromatic nitrogens is 1. The van der Waals surface area contributed by atoms with Gasteiger partial charge in [0.2, 0.25) is 0 Å². The molecule has 3 nitrogen and oxygen atoms in total. The molecule has 0 N–H and O–H groups in total. The van der Waals surface area contributed by atoms with E-state index < -0.39 is 0 Å². The third kappa shape index (κ3) is 3.54. The van der Waals surface area contributed by atoms with Gasteiger partial charge in [-0.2, -0.15) is 0 Å². The number of rotatable bonds is 4. The summed E-state index contributed by atoms with van der Waals surface area (Å²) >= 11 is 8.43. The van der Waals surface area contributed by atoms with E-state index in [1.165, 1.54) is 0 Å². The van der Waals surface area contributed by atoms with E-state index in [9.17, 15) is 4.79 Å². The zero-order valence-corrected chi connectivity index (χ0v) is 18.1.